The lowest BCUT2D eigenvalue weighted by Crippen LogP contribution is -2.25. The fourth-order valence-electron chi connectivity index (χ4n) is 1.77. The second-order valence-electron chi connectivity index (χ2n) is 4.26. The maximum Gasteiger partial charge on any atom is 0.339 e. The number of hydrogen-bond donors (Lipinski definition) is 1. The number of nitrogen functional groups attached to an aromatic ring is 1. The lowest BCUT2D eigenvalue weighted by Gasteiger charge is -2.17. The van der Waals surface area contributed by atoms with E-state index >= 15 is 0 Å². The van der Waals surface area contributed by atoms with Crippen molar-refractivity contribution in [2.24, 2.45) is 0 Å². The van der Waals surface area contributed by atoms with E-state index in [0.29, 0.717) is 22.9 Å². The number of anilines is 1. The molecule has 0 heterocycles. The van der Waals surface area contributed by atoms with Crippen LogP contribution in [-0.4, -0.2) is 37.1 Å². The van der Waals surface area contributed by atoms with Crippen LogP contribution in [0.25, 0.3) is 0 Å². The van der Waals surface area contributed by atoms with Crippen molar-refractivity contribution in [3.63, 3.8) is 0 Å². The van der Waals surface area contributed by atoms with Crippen LogP contribution in [-0.2, 0) is 4.74 Å². The second kappa shape index (κ2) is 9.86. The van der Waals surface area contributed by atoms with E-state index in [9.17, 15) is 4.79 Å². The highest BCUT2D eigenvalue weighted by Gasteiger charge is 2.11. The zero-order valence-electron chi connectivity index (χ0n) is 11.9. The van der Waals surface area contributed by atoms with Crippen molar-refractivity contribution < 1.29 is 9.53 Å². The van der Waals surface area contributed by atoms with Gasteiger partial charge in [0.2, 0.25) is 0 Å². The van der Waals surface area contributed by atoms with Gasteiger partial charge in [0.15, 0.2) is 0 Å². The molecule has 0 aliphatic rings. The highest BCUT2D eigenvalue weighted by Crippen LogP contribution is 2.19. The maximum atomic E-state index is 11.8. The van der Waals surface area contributed by atoms with E-state index in [1.165, 1.54) is 0 Å². The summed E-state index contributed by atoms with van der Waals surface area (Å²) in [5.41, 5.74) is 6.46. The summed E-state index contributed by atoms with van der Waals surface area (Å²) < 4.78 is 5.20. The van der Waals surface area contributed by atoms with Crippen LogP contribution in [0, 0.1) is 0 Å². The minimum absolute atomic E-state index is 0. The normalized spacial score (nSPS) is 10.2. The predicted molar refractivity (Wildman–Crippen MR) is 85.8 cm³/mol. The number of halogens is 2. The van der Waals surface area contributed by atoms with E-state index in [-0.39, 0.29) is 12.4 Å². The first kappa shape index (κ1) is 19.0. The molecule has 0 aliphatic heterocycles. The molecule has 20 heavy (non-hydrogen) atoms. The Bertz CT molecular complexity index is 424. The highest BCUT2D eigenvalue weighted by atomic mass is 35.5. The summed E-state index contributed by atoms with van der Waals surface area (Å²) in [6.07, 6.45) is 0.819. The lowest BCUT2D eigenvalue weighted by molar-refractivity contribution is 0.0489. The van der Waals surface area contributed by atoms with Gasteiger partial charge in [0.05, 0.1) is 17.2 Å². The van der Waals surface area contributed by atoms with Gasteiger partial charge >= 0.3 is 5.97 Å². The molecule has 0 saturated carbocycles. The van der Waals surface area contributed by atoms with Crippen molar-refractivity contribution in [3.8, 4) is 0 Å². The third-order valence-electron chi connectivity index (χ3n) is 2.96. The van der Waals surface area contributed by atoms with Crippen LogP contribution < -0.4 is 5.73 Å². The first-order chi connectivity index (χ1) is 9.08. The molecule has 0 saturated heterocycles. The number of carbonyl (C=O) groups is 1. The largest absolute Gasteiger partial charge is 0.462 e. The number of nitrogens with zero attached hydrogens (tertiary/aromatic N) is 1. The quantitative estimate of drug-likeness (QED) is 0.476. The van der Waals surface area contributed by atoms with Gasteiger partial charge in [-0.3, -0.25) is 0 Å². The molecular formula is C14H22Cl2N2O2. The van der Waals surface area contributed by atoms with Crippen LogP contribution in [0.1, 0.15) is 30.6 Å². The Hall–Kier alpha value is -0.970. The average molecular weight is 321 g/mol. The number of benzene rings is 1. The Morgan fingerprint density at radius 2 is 2.00 bits per heavy atom. The molecule has 0 aromatic heterocycles. The minimum atomic E-state index is -0.399. The fraction of sp³-hybridized carbons (Fsp3) is 0.500. The van der Waals surface area contributed by atoms with E-state index in [2.05, 4.69) is 18.7 Å². The molecule has 0 unspecified atom stereocenters. The van der Waals surface area contributed by atoms with Crippen LogP contribution in [0.2, 0.25) is 5.02 Å². The van der Waals surface area contributed by atoms with Crippen LogP contribution in [0.15, 0.2) is 18.2 Å². The van der Waals surface area contributed by atoms with Crippen LogP contribution >= 0.6 is 24.0 Å². The molecule has 0 atom stereocenters. The van der Waals surface area contributed by atoms with Gasteiger partial charge in [-0.15, -0.1) is 12.4 Å². The molecule has 0 amide bonds. The first-order valence-corrected chi connectivity index (χ1v) is 6.90. The Balaban J connectivity index is 0.00000361. The molecule has 0 aliphatic carbocycles. The molecular weight excluding hydrogens is 299 g/mol. The molecule has 4 nitrogen and oxygen atoms in total. The summed E-state index contributed by atoms with van der Waals surface area (Å²) in [5.74, 6) is -0.399. The first-order valence-electron chi connectivity index (χ1n) is 6.53. The van der Waals surface area contributed by atoms with Gasteiger partial charge in [0, 0.05) is 12.2 Å². The molecule has 0 radical (unpaired) electrons. The minimum Gasteiger partial charge on any atom is -0.462 e. The summed E-state index contributed by atoms with van der Waals surface area (Å²) in [6, 6.07) is 4.77. The van der Waals surface area contributed by atoms with Crippen LogP contribution in [0.3, 0.4) is 0 Å². The molecule has 2 N–H and O–H groups in total. The number of ether oxygens (including phenoxy) is 1. The molecule has 0 spiro atoms. The zero-order valence-corrected chi connectivity index (χ0v) is 13.5. The second-order valence-corrected chi connectivity index (χ2v) is 4.66. The Morgan fingerprint density at radius 3 is 2.55 bits per heavy atom. The monoisotopic (exact) mass is 320 g/mol. The molecule has 0 fully saturated rings. The van der Waals surface area contributed by atoms with E-state index in [1.54, 1.807) is 18.2 Å². The number of esters is 1. The van der Waals surface area contributed by atoms with Crippen molar-refractivity contribution in [2.45, 2.75) is 20.3 Å². The van der Waals surface area contributed by atoms with Crippen molar-refractivity contribution in [2.75, 3.05) is 32.0 Å². The van der Waals surface area contributed by atoms with Gasteiger partial charge in [-0.05, 0) is 37.7 Å². The third-order valence-corrected chi connectivity index (χ3v) is 3.27. The van der Waals surface area contributed by atoms with Gasteiger partial charge in [0.25, 0.3) is 0 Å². The zero-order chi connectivity index (χ0) is 14.3. The van der Waals surface area contributed by atoms with Gasteiger partial charge in [-0.2, -0.15) is 0 Å². The summed E-state index contributed by atoms with van der Waals surface area (Å²) in [4.78, 5) is 14.1. The van der Waals surface area contributed by atoms with Crippen molar-refractivity contribution in [1.82, 2.24) is 4.90 Å². The van der Waals surface area contributed by atoms with Crippen LogP contribution in [0.5, 0.6) is 0 Å². The van der Waals surface area contributed by atoms with E-state index in [0.717, 1.165) is 26.1 Å². The van der Waals surface area contributed by atoms with Gasteiger partial charge in [-0.25, -0.2) is 4.79 Å². The Kier molecular flexibility index (Phi) is 9.38. The molecule has 1 rings (SSSR count). The van der Waals surface area contributed by atoms with Crippen molar-refractivity contribution in [1.29, 1.82) is 0 Å². The van der Waals surface area contributed by atoms with Gasteiger partial charge in [-0.1, -0.05) is 25.4 Å². The van der Waals surface area contributed by atoms with Crippen molar-refractivity contribution in [3.05, 3.63) is 28.8 Å². The third kappa shape index (κ3) is 5.99. The topological polar surface area (TPSA) is 55.6 Å². The van der Waals surface area contributed by atoms with Crippen molar-refractivity contribution >= 4 is 35.7 Å². The molecule has 0 bridgehead atoms. The number of carbonyl (C=O) groups excluding carboxylic acids is 1. The fourth-order valence-corrected chi connectivity index (χ4v) is 2.03. The van der Waals surface area contributed by atoms with Gasteiger partial charge in [0.1, 0.15) is 0 Å². The van der Waals surface area contributed by atoms with E-state index < -0.39 is 5.97 Å². The number of hydrogen-bond acceptors (Lipinski definition) is 4. The lowest BCUT2D eigenvalue weighted by atomic mass is 10.2. The maximum absolute atomic E-state index is 11.8. The molecule has 1 aromatic rings. The Morgan fingerprint density at radius 1 is 1.35 bits per heavy atom. The van der Waals surface area contributed by atoms with Gasteiger partial charge < -0.3 is 15.4 Å². The SMILES string of the molecule is CCN(CC)CCCOC(=O)c1ccc(N)cc1Cl.Cl. The summed E-state index contributed by atoms with van der Waals surface area (Å²) in [5, 5.41) is 0.328. The number of rotatable bonds is 7. The summed E-state index contributed by atoms with van der Waals surface area (Å²) in [6.45, 7) is 7.57. The predicted octanol–water partition coefficient (Wildman–Crippen LogP) is 3.23. The van der Waals surface area contributed by atoms with Crippen LogP contribution in [0.4, 0.5) is 5.69 Å². The number of nitrogens with two attached hydrogens (primary N) is 1. The Labute approximate surface area is 131 Å². The average Bonchev–Trinajstić information content (AvgIpc) is 2.38. The molecule has 114 valence electrons. The molecule has 6 heteroatoms. The standard InChI is InChI=1S/C14H21ClN2O2.ClH/c1-3-17(4-2)8-5-9-19-14(18)12-7-6-11(16)10-13(12)15;/h6-7,10H,3-5,8-9,16H2,1-2H3;1H. The van der Waals surface area contributed by atoms with E-state index in [4.69, 9.17) is 22.1 Å². The summed E-state index contributed by atoms with van der Waals surface area (Å²) in [7, 11) is 0. The molecule has 1 aromatic carbocycles. The highest BCUT2D eigenvalue weighted by molar-refractivity contribution is 6.33. The smallest absolute Gasteiger partial charge is 0.339 e. The summed E-state index contributed by atoms with van der Waals surface area (Å²) >= 11 is 5.94. The van der Waals surface area contributed by atoms with E-state index in [1.807, 2.05) is 0 Å².